The Balaban J connectivity index is 3.66. The van der Waals surface area contributed by atoms with Crippen LogP contribution in [0.5, 0.6) is 0 Å². The second-order valence-electron chi connectivity index (χ2n) is 6.02. The van der Waals surface area contributed by atoms with Crippen molar-refractivity contribution in [1.29, 1.82) is 0 Å². The predicted octanol–water partition coefficient (Wildman–Crippen LogP) is 4.63. The van der Waals surface area contributed by atoms with Gasteiger partial charge in [-0.1, -0.05) is 64.9 Å². The largest absolute Gasteiger partial charge is 0.462 e. The molecule has 0 saturated carbocycles. The van der Waals surface area contributed by atoms with E-state index in [9.17, 15) is 9.90 Å². The molecule has 2 atom stereocenters. The zero-order valence-corrected chi connectivity index (χ0v) is 14.4. The molecule has 0 spiro atoms. The number of hydrogen-bond donors (Lipinski definition) is 1. The van der Waals surface area contributed by atoms with Gasteiger partial charge in [0.05, 0.1) is 12.7 Å². The van der Waals surface area contributed by atoms with Gasteiger partial charge in [-0.2, -0.15) is 0 Å². The molecule has 3 heteroatoms. The number of allylic oxidation sites excluding steroid dienone is 1. The van der Waals surface area contributed by atoms with Crippen molar-refractivity contribution in [2.24, 2.45) is 5.92 Å². The lowest BCUT2D eigenvalue weighted by Crippen LogP contribution is -2.24. The number of carbonyl (C=O) groups excluding carboxylic acids is 1. The zero-order chi connectivity index (χ0) is 16.1. The van der Waals surface area contributed by atoms with Gasteiger partial charge in [0.1, 0.15) is 0 Å². The lowest BCUT2D eigenvalue weighted by atomic mass is 9.99. The SMILES string of the molecule is CC=C(C)C(=O)OCC(C)C(O)CCCCCCCCC. The monoisotopic (exact) mass is 298 g/mol. The Labute approximate surface area is 130 Å². The molecule has 21 heavy (non-hydrogen) atoms. The molecular weight excluding hydrogens is 264 g/mol. The van der Waals surface area contributed by atoms with Crippen LogP contribution in [-0.4, -0.2) is 23.8 Å². The molecule has 3 nitrogen and oxygen atoms in total. The molecule has 0 heterocycles. The Morgan fingerprint density at radius 3 is 2.29 bits per heavy atom. The summed E-state index contributed by atoms with van der Waals surface area (Å²) >= 11 is 0. The quantitative estimate of drug-likeness (QED) is 0.324. The van der Waals surface area contributed by atoms with E-state index in [-0.39, 0.29) is 18.0 Å². The maximum Gasteiger partial charge on any atom is 0.333 e. The summed E-state index contributed by atoms with van der Waals surface area (Å²) in [6.45, 7) is 8.01. The van der Waals surface area contributed by atoms with E-state index in [0.717, 1.165) is 12.8 Å². The van der Waals surface area contributed by atoms with Crippen LogP contribution in [0.1, 0.15) is 79.1 Å². The minimum atomic E-state index is -0.376. The molecule has 0 rings (SSSR count). The molecule has 2 unspecified atom stereocenters. The smallest absolute Gasteiger partial charge is 0.333 e. The molecule has 0 bridgehead atoms. The number of rotatable bonds is 12. The number of carbonyl (C=O) groups is 1. The average Bonchev–Trinajstić information content (AvgIpc) is 2.50. The van der Waals surface area contributed by atoms with Crippen LogP contribution < -0.4 is 0 Å². The highest BCUT2D eigenvalue weighted by Crippen LogP contribution is 2.14. The van der Waals surface area contributed by atoms with Gasteiger partial charge in [0.2, 0.25) is 0 Å². The van der Waals surface area contributed by atoms with E-state index in [0.29, 0.717) is 12.2 Å². The molecule has 0 fully saturated rings. The van der Waals surface area contributed by atoms with Crippen molar-refractivity contribution in [2.45, 2.75) is 85.2 Å². The van der Waals surface area contributed by atoms with Crippen molar-refractivity contribution in [3.8, 4) is 0 Å². The van der Waals surface area contributed by atoms with Gasteiger partial charge in [0.25, 0.3) is 0 Å². The van der Waals surface area contributed by atoms with Gasteiger partial charge in [-0.15, -0.1) is 0 Å². The molecule has 0 aromatic carbocycles. The van der Waals surface area contributed by atoms with E-state index < -0.39 is 0 Å². The summed E-state index contributed by atoms with van der Waals surface area (Å²) in [5.41, 5.74) is 0.615. The van der Waals surface area contributed by atoms with Crippen molar-refractivity contribution in [1.82, 2.24) is 0 Å². The highest BCUT2D eigenvalue weighted by Gasteiger charge is 2.16. The molecule has 0 aliphatic rings. The number of hydrogen-bond acceptors (Lipinski definition) is 3. The van der Waals surface area contributed by atoms with Gasteiger partial charge < -0.3 is 9.84 Å². The van der Waals surface area contributed by atoms with Crippen LogP contribution >= 0.6 is 0 Å². The highest BCUT2D eigenvalue weighted by atomic mass is 16.5. The first-order chi connectivity index (χ1) is 10.0. The molecule has 0 aromatic heterocycles. The van der Waals surface area contributed by atoms with Gasteiger partial charge in [-0.3, -0.25) is 0 Å². The Morgan fingerprint density at radius 2 is 1.71 bits per heavy atom. The van der Waals surface area contributed by atoms with Crippen molar-refractivity contribution in [2.75, 3.05) is 6.61 Å². The molecule has 0 aliphatic carbocycles. The van der Waals surface area contributed by atoms with E-state index >= 15 is 0 Å². The third-order valence-electron chi connectivity index (χ3n) is 3.99. The van der Waals surface area contributed by atoms with Crippen molar-refractivity contribution < 1.29 is 14.6 Å². The summed E-state index contributed by atoms with van der Waals surface area (Å²) in [6.07, 6.45) is 10.9. The predicted molar refractivity (Wildman–Crippen MR) is 88.2 cm³/mol. The lowest BCUT2D eigenvalue weighted by Gasteiger charge is -2.18. The van der Waals surface area contributed by atoms with E-state index in [4.69, 9.17) is 4.74 Å². The van der Waals surface area contributed by atoms with E-state index in [1.807, 2.05) is 13.8 Å². The summed E-state index contributed by atoms with van der Waals surface area (Å²) < 4.78 is 5.18. The van der Waals surface area contributed by atoms with Crippen molar-refractivity contribution >= 4 is 5.97 Å². The number of esters is 1. The van der Waals surface area contributed by atoms with Gasteiger partial charge in [-0.25, -0.2) is 4.79 Å². The molecule has 0 amide bonds. The van der Waals surface area contributed by atoms with E-state index in [1.165, 1.54) is 38.5 Å². The fourth-order valence-corrected chi connectivity index (χ4v) is 2.14. The Bertz CT molecular complexity index is 297. The second kappa shape index (κ2) is 12.9. The number of unbranched alkanes of at least 4 members (excludes halogenated alkanes) is 6. The van der Waals surface area contributed by atoms with Gasteiger partial charge in [-0.05, 0) is 20.3 Å². The first kappa shape index (κ1) is 20.2. The normalized spacial score (nSPS) is 14.8. The van der Waals surface area contributed by atoms with E-state index in [1.54, 1.807) is 13.0 Å². The summed E-state index contributed by atoms with van der Waals surface area (Å²) in [7, 11) is 0. The second-order valence-corrected chi connectivity index (χ2v) is 6.02. The van der Waals surface area contributed by atoms with Crippen molar-refractivity contribution in [3.05, 3.63) is 11.6 Å². The summed E-state index contributed by atoms with van der Waals surface area (Å²) in [6, 6.07) is 0. The maximum atomic E-state index is 11.5. The summed E-state index contributed by atoms with van der Waals surface area (Å²) in [5, 5.41) is 10.1. The highest BCUT2D eigenvalue weighted by molar-refractivity contribution is 5.87. The first-order valence-electron chi connectivity index (χ1n) is 8.51. The Hall–Kier alpha value is -0.830. The third-order valence-corrected chi connectivity index (χ3v) is 3.99. The zero-order valence-electron chi connectivity index (χ0n) is 14.4. The van der Waals surface area contributed by atoms with Crippen LogP contribution in [0.3, 0.4) is 0 Å². The fourth-order valence-electron chi connectivity index (χ4n) is 2.14. The molecule has 124 valence electrons. The number of ether oxygens (including phenoxy) is 1. The minimum Gasteiger partial charge on any atom is -0.462 e. The van der Waals surface area contributed by atoms with Crippen LogP contribution in [0, 0.1) is 5.92 Å². The Kier molecular flexibility index (Phi) is 12.4. The maximum absolute atomic E-state index is 11.5. The van der Waals surface area contributed by atoms with Crippen LogP contribution in [0.2, 0.25) is 0 Å². The molecule has 1 N–H and O–H groups in total. The van der Waals surface area contributed by atoms with Crippen molar-refractivity contribution in [3.63, 3.8) is 0 Å². The van der Waals surface area contributed by atoms with E-state index in [2.05, 4.69) is 6.92 Å². The number of aliphatic hydroxyl groups is 1. The minimum absolute atomic E-state index is 0.00121. The first-order valence-corrected chi connectivity index (χ1v) is 8.51. The Morgan fingerprint density at radius 1 is 1.14 bits per heavy atom. The average molecular weight is 298 g/mol. The van der Waals surface area contributed by atoms with Gasteiger partial charge in [0.15, 0.2) is 0 Å². The number of aliphatic hydroxyl groups excluding tert-OH is 1. The molecule has 0 aromatic rings. The lowest BCUT2D eigenvalue weighted by molar-refractivity contribution is -0.141. The molecule has 0 aliphatic heterocycles. The standard InChI is InChI=1S/C18H34O3/c1-5-7-8-9-10-11-12-13-17(19)16(4)14-21-18(20)15(3)6-2/h6,16-17,19H,5,7-14H2,1-4H3. The molecular formula is C18H34O3. The fraction of sp³-hybridized carbons (Fsp3) is 0.833. The van der Waals surface area contributed by atoms with Crippen LogP contribution in [-0.2, 0) is 9.53 Å². The summed E-state index contributed by atoms with van der Waals surface area (Å²) in [4.78, 5) is 11.5. The summed E-state index contributed by atoms with van der Waals surface area (Å²) in [5.74, 6) is -0.286. The molecule has 0 saturated heterocycles. The van der Waals surface area contributed by atoms with Gasteiger partial charge in [0, 0.05) is 11.5 Å². The topological polar surface area (TPSA) is 46.5 Å². The van der Waals surface area contributed by atoms with Gasteiger partial charge >= 0.3 is 5.97 Å². The van der Waals surface area contributed by atoms with Crippen LogP contribution in [0.4, 0.5) is 0 Å². The third kappa shape index (κ3) is 10.5. The molecule has 0 radical (unpaired) electrons. The van der Waals surface area contributed by atoms with Crippen LogP contribution in [0.15, 0.2) is 11.6 Å². The van der Waals surface area contributed by atoms with Crippen LogP contribution in [0.25, 0.3) is 0 Å².